The van der Waals surface area contributed by atoms with Crippen molar-refractivity contribution < 1.29 is 5.11 Å². The molecule has 0 aliphatic heterocycles. The normalized spacial score (nSPS) is 12.7. The van der Waals surface area contributed by atoms with Crippen LogP contribution in [0, 0.1) is 0 Å². The van der Waals surface area contributed by atoms with Gasteiger partial charge >= 0.3 is 0 Å². The van der Waals surface area contributed by atoms with E-state index in [1.54, 1.807) is 6.20 Å². The zero-order valence-corrected chi connectivity index (χ0v) is 11.7. The Labute approximate surface area is 114 Å². The topological polar surface area (TPSA) is 36.4 Å². The maximum atomic E-state index is 9.15. The molecule has 1 aromatic carbocycles. The summed E-state index contributed by atoms with van der Waals surface area (Å²) >= 11 is 0. The lowest BCUT2D eigenvalue weighted by atomic mass is 10.0. The Kier molecular flexibility index (Phi) is 4.30. The van der Waals surface area contributed by atoms with Crippen LogP contribution in [0.5, 0.6) is 0 Å². The molecule has 100 valence electrons. The minimum Gasteiger partial charge on any atom is -0.392 e. The van der Waals surface area contributed by atoms with Crippen molar-refractivity contribution in [1.82, 2.24) is 9.88 Å². The molecule has 2 aromatic rings. The van der Waals surface area contributed by atoms with Crippen LogP contribution < -0.4 is 0 Å². The van der Waals surface area contributed by atoms with Crippen LogP contribution in [0.3, 0.4) is 0 Å². The number of nitrogens with zero attached hydrogens (tertiary/aromatic N) is 2. The molecule has 19 heavy (non-hydrogen) atoms. The molecule has 0 spiro atoms. The summed E-state index contributed by atoms with van der Waals surface area (Å²) in [7, 11) is 4.15. The van der Waals surface area contributed by atoms with Gasteiger partial charge in [-0.3, -0.25) is 4.98 Å². The number of rotatable bonds is 4. The van der Waals surface area contributed by atoms with E-state index in [0.29, 0.717) is 6.04 Å². The third-order valence-corrected chi connectivity index (χ3v) is 3.47. The number of aliphatic hydroxyl groups is 1. The van der Waals surface area contributed by atoms with E-state index >= 15 is 0 Å². The van der Waals surface area contributed by atoms with Gasteiger partial charge in [-0.25, -0.2) is 0 Å². The van der Waals surface area contributed by atoms with Crippen LogP contribution in [0.15, 0.2) is 42.6 Å². The summed E-state index contributed by atoms with van der Waals surface area (Å²) in [4.78, 5) is 6.53. The number of aliphatic hydroxyl groups excluding tert-OH is 1. The van der Waals surface area contributed by atoms with Gasteiger partial charge in [-0.1, -0.05) is 24.3 Å². The van der Waals surface area contributed by atoms with Gasteiger partial charge in [0.1, 0.15) is 0 Å². The second-order valence-corrected chi connectivity index (χ2v) is 4.97. The van der Waals surface area contributed by atoms with Crippen molar-refractivity contribution in [3.8, 4) is 11.3 Å². The first-order valence-electron chi connectivity index (χ1n) is 6.44. The lowest BCUT2D eigenvalue weighted by Crippen LogP contribution is -2.16. The standard InChI is InChI=1S/C16H20N2O/c1-12(18(2)3)14-4-6-15(7-5-14)16-10-13(11-19)8-9-17-16/h4-10,12,19H,11H2,1-3H3. The second kappa shape index (κ2) is 5.95. The van der Waals surface area contributed by atoms with Crippen LogP contribution >= 0.6 is 0 Å². The maximum absolute atomic E-state index is 9.15. The van der Waals surface area contributed by atoms with E-state index in [2.05, 4.69) is 55.2 Å². The molecule has 1 unspecified atom stereocenters. The fourth-order valence-corrected chi connectivity index (χ4v) is 1.96. The highest BCUT2D eigenvalue weighted by atomic mass is 16.3. The maximum Gasteiger partial charge on any atom is 0.0705 e. The number of pyridine rings is 1. The van der Waals surface area contributed by atoms with E-state index in [4.69, 9.17) is 5.11 Å². The van der Waals surface area contributed by atoms with Crippen molar-refractivity contribution in [2.75, 3.05) is 14.1 Å². The molecule has 2 rings (SSSR count). The SMILES string of the molecule is CC(c1ccc(-c2cc(CO)ccn2)cc1)N(C)C. The first-order valence-corrected chi connectivity index (χ1v) is 6.44. The monoisotopic (exact) mass is 256 g/mol. The van der Waals surface area contributed by atoms with Gasteiger partial charge in [-0.15, -0.1) is 0 Å². The number of hydrogen-bond donors (Lipinski definition) is 1. The van der Waals surface area contributed by atoms with Gasteiger partial charge in [0.15, 0.2) is 0 Å². The minimum absolute atomic E-state index is 0.0469. The largest absolute Gasteiger partial charge is 0.392 e. The average molecular weight is 256 g/mol. The fraction of sp³-hybridized carbons (Fsp3) is 0.312. The molecule has 0 aliphatic carbocycles. The predicted octanol–water partition coefficient (Wildman–Crippen LogP) is 2.86. The van der Waals surface area contributed by atoms with Crippen LogP contribution in [-0.4, -0.2) is 29.1 Å². The number of benzene rings is 1. The number of aromatic nitrogens is 1. The van der Waals surface area contributed by atoms with E-state index < -0.39 is 0 Å². The van der Waals surface area contributed by atoms with Crippen molar-refractivity contribution in [2.45, 2.75) is 19.6 Å². The van der Waals surface area contributed by atoms with Crippen molar-refractivity contribution in [2.24, 2.45) is 0 Å². The Hall–Kier alpha value is -1.71. The van der Waals surface area contributed by atoms with E-state index in [9.17, 15) is 0 Å². The average Bonchev–Trinajstić information content (AvgIpc) is 2.46. The molecule has 0 amide bonds. The molecular formula is C16H20N2O. The first-order chi connectivity index (χ1) is 9.11. The van der Waals surface area contributed by atoms with Gasteiger partial charge in [-0.05, 0) is 44.3 Å². The lowest BCUT2D eigenvalue weighted by molar-refractivity contribution is 0.282. The summed E-state index contributed by atoms with van der Waals surface area (Å²) in [6.07, 6.45) is 1.73. The van der Waals surface area contributed by atoms with Crippen molar-refractivity contribution in [3.63, 3.8) is 0 Å². The zero-order valence-electron chi connectivity index (χ0n) is 11.7. The van der Waals surface area contributed by atoms with Gasteiger partial charge in [0, 0.05) is 17.8 Å². The van der Waals surface area contributed by atoms with E-state index in [1.165, 1.54) is 5.56 Å². The van der Waals surface area contributed by atoms with Crippen LogP contribution in [0.4, 0.5) is 0 Å². The quantitative estimate of drug-likeness (QED) is 0.913. The molecule has 3 nitrogen and oxygen atoms in total. The molecule has 1 heterocycles. The van der Waals surface area contributed by atoms with E-state index in [1.807, 2.05) is 12.1 Å². The highest BCUT2D eigenvalue weighted by molar-refractivity contribution is 5.60. The molecule has 0 aliphatic rings. The fourth-order valence-electron chi connectivity index (χ4n) is 1.96. The van der Waals surface area contributed by atoms with Gasteiger partial charge < -0.3 is 10.0 Å². The molecule has 1 atom stereocenters. The first kappa shape index (κ1) is 13.7. The van der Waals surface area contributed by atoms with Crippen molar-refractivity contribution in [3.05, 3.63) is 53.7 Å². The second-order valence-electron chi connectivity index (χ2n) is 4.97. The highest BCUT2D eigenvalue weighted by Gasteiger charge is 2.08. The summed E-state index contributed by atoms with van der Waals surface area (Å²) in [5, 5.41) is 9.15. The molecule has 1 aromatic heterocycles. The predicted molar refractivity (Wildman–Crippen MR) is 77.7 cm³/mol. The van der Waals surface area contributed by atoms with Gasteiger partial charge in [0.05, 0.1) is 12.3 Å². The molecule has 0 radical (unpaired) electrons. The lowest BCUT2D eigenvalue weighted by Gasteiger charge is -2.20. The minimum atomic E-state index is 0.0469. The Morgan fingerprint density at radius 3 is 2.42 bits per heavy atom. The highest BCUT2D eigenvalue weighted by Crippen LogP contribution is 2.22. The zero-order chi connectivity index (χ0) is 13.8. The molecule has 0 saturated heterocycles. The Bertz CT molecular complexity index is 535. The molecular weight excluding hydrogens is 236 g/mol. The van der Waals surface area contributed by atoms with Crippen LogP contribution in [-0.2, 0) is 6.61 Å². The summed E-state index contributed by atoms with van der Waals surface area (Å²) in [6, 6.07) is 12.6. The molecule has 0 saturated carbocycles. The van der Waals surface area contributed by atoms with Crippen LogP contribution in [0.2, 0.25) is 0 Å². The van der Waals surface area contributed by atoms with Crippen molar-refractivity contribution in [1.29, 1.82) is 0 Å². The van der Waals surface area contributed by atoms with Gasteiger partial charge in [0.25, 0.3) is 0 Å². The summed E-state index contributed by atoms with van der Waals surface area (Å²) in [6.45, 7) is 2.23. The Morgan fingerprint density at radius 1 is 1.16 bits per heavy atom. The van der Waals surface area contributed by atoms with Gasteiger partial charge in [0.2, 0.25) is 0 Å². The van der Waals surface area contributed by atoms with Crippen LogP contribution in [0.25, 0.3) is 11.3 Å². The summed E-state index contributed by atoms with van der Waals surface area (Å²) in [5.41, 5.74) is 4.14. The van der Waals surface area contributed by atoms with Gasteiger partial charge in [-0.2, -0.15) is 0 Å². The Balaban J connectivity index is 2.27. The van der Waals surface area contributed by atoms with Crippen molar-refractivity contribution >= 4 is 0 Å². The van der Waals surface area contributed by atoms with E-state index in [-0.39, 0.29) is 6.61 Å². The summed E-state index contributed by atoms with van der Waals surface area (Å²) in [5.74, 6) is 0. The molecule has 0 fully saturated rings. The smallest absolute Gasteiger partial charge is 0.0705 e. The van der Waals surface area contributed by atoms with E-state index in [0.717, 1.165) is 16.8 Å². The Morgan fingerprint density at radius 2 is 1.84 bits per heavy atom. The van der Waals surface area contributed by atoms with Crippen LogP contribution in [0.1, 0.15) is 24.1 Å². The molecule has 0 bridgehead atoms. The third kappa shape index (κ3) is 3.19. The molecule has 1 N–H and O–H groups in total. The third-order valence-electron chi connectivity index (χ3n) is 3.47. The summed E-state index contributed by atoms with van der Waals surface area (Å²) < 4.78 is 0. The number of hydrogen-bond acceptors (Lipinski definition) is 3. The molecule has 3 heteroatoms.